The lowest BCUT2D eigenvalue weighted by Crippen LogP contribution is -2.27. The predicted octanol–water partition coefficient (Wildman–Crippen LogP) is 0.968. The van der Waals surface area contributed by atoms with Crippen LogP contribution in [0, 0.1) is 0 Å². The Hall–Kier alpha value is -1.95. The summed E-state index contributed by atoms with van der Waals surface area (Å²) in [6.45, 7) is 1.52. The molecule has 6 heteroatoms. The van der Waals surface area contributed by atoms with Crippen molar-refractivity contribution in [1.29, 1.82) is 0 Å². The Balaban J connectivity index is 2.72. The topological polar surface area (TPSA) is 76.8 Å². The van der Waals surface area contributed by atoms with E-state index in [0.717, 1.165) is 13.0 Å². The van der Waals surface area contributed by atoms with E-state index in [-0.39, 0.29) is 5.91 Å². The lowest BCUT2D eigenvalue weighted by molar-refractivity contribution is 0.0953. The number of carbonyl (C=O) groups is 1. The number of hydrogen-bond donors (Lipinski definition) is 2. The minimum atomic E-state index is -0.206. The first kappa shape index (κ1) is 16.1. The Kier molecular flexibility index (Phi) is 6.11. The summed E-state index contributed by atoms with van der Waals surface area (Å²) >= 11 is 0. The highest BCUT2D eigenvalue weighted by Crippen LogP contribution is 2.31. The van der Waals surface area contributed by atoms with Crippen molar-refractivity contribution in [1.82, 2.24) is 10.2 Å². The minimum Gasteiger partial charge on any atom is -0.493 e. The number of carbonyl (C=O) groups excluding carboxylic acids is 1. The molecule has 0 saturated heterocycles. The number of benzene rings is 1. The van der Waals surface area contributed by atoms with E-state index in [1.54, 1.807) is 12.1 Å². The summed E-state index contributed by atoms with van der Waals surface area (Å²) in [6.07, 6.45) is 0.881. The van der Waals surface area contributed by atoms with Crippen LogP contribution in [0.5, 0.6) is 11.5 Å². The molecule has 0 aliphatic carbocycles. The smallest absolute Gasteiger partial charge is 0.253 e. The number of nitrogen functional groups attached to an aromatic ring is 1. The normalized spacial score (nSPS) is 10.4. The molecule has 3 N–H and O–H groups in total. The molecule has 0 aromatic heterocycles. The fraction of sp³-hybridized carbons (Fsp3) is 0.500. The van der Waals surface area contributed by atoms with Crippen molar-refractivity contribution in [3.05, 3.63) is 17.7 Å². The molecule has 1 amide bonds. The van der Waals surface area contributed by atoms with Crippen LogP contribution in [-0.4, -0.2) is 52.2 Å². The van der Waals surface area contributed by atoms with Crippen molar-refractivity contribution >= 4 is 11.6 Å². The summed E-state index contributed by atoms with van der Waals surface area (Å²) in [5, 5.41) is 2.84. The van der Waals surface area contributed by atoms with Crippen LogP contribution in [0.4, 0.5) is 5.69 Å². The van der Waals surface area contributed by atoms with Crippen molar-refractivity contribution in [2.75, 3.05) is 47.1 Å². The van der Waals surface area contributed by atoms with E-state index in [0.29, 0.717) is 29.3 Å². The monoisotopic (exact) mass is 281 g/mol. The molecule has 0 aliphatic heterocycles. The number of methoxy groups -OCH3 is 2. The van der Waals surface area contributed by atoms with Gasteiger partial charge in [-0.15, -0.1) is 0 Å². The van der Waals surface area contributed by atoms with E-state index in [1.165, 1.54) is 14.2 Å². The van der Waals surface area contributed by atoms with Crippen LogP contribution in [0.2, 0.25) is 0 Å². The zero-order valence-corrected chi connectivity index (χ0v) is 12.5. The van der Waals surface area contributed by atoms with Crippen molar-refractivity contribution in [3.8, 4) is 11.5 Å². The van der Waals surface area contributed by atoms with Gasteiger partial charge in [0.2, 0.25) is 0 Å². The predicted molar refractivity (Wildman–Crippen MR) is 79.5 cm³/mol. The second kappa shape index (κ2) is 7.59. The standard InChI is InChI=1S/C14H23N3O3/c1-17(2)7-5-6-16-14(18)10-8-12(19-3)13(20-4)9-11(10)15/h8-9H,5-7,15H2,1-4H3,(H,16,18). The van der Waals surface area contributed by atoms with Gasteiger partial charge in [0.25, 0.3) is 5.91 Å². The van der Waals surface area contributed by atoms with Crippen molar-refractivity contribution in [2.45, 2.75) is 6.42 Å². The maximum absolute atomic E-state index is 12.1. The van der Waals surface area contributed by atoms with E-state index in [1.807, 2.05) is 14.1 Å². The lowest BCUT2D eigenvalue weighted by atomic mass is 10.1. The highest BCUT2D eigenvalue weighted by molar-refractivity contribution is 6.00. The SMILES string of the molecule is COc1cc(N)c(C(=O)NCCCN(C)C)cc1OC. The first-order valence-corrected chi connectivity index (χ1v) is 6.44. The largest absolute Gasteiger partial charge is 0.493 e. The van der Waals surface area contributed by atoms with Crippen LogP contribution in [0.15, 0.2) is 12.1 Å². The molecule has 0 bridgehead atoms. The Labute approximate surface area is 119 Å². The van der Waals surface area contributed by atoms with Crippen LogP contribution < -0.4 is 20.5 Å². The summed E-state index contributed by atoms with van der Waals surface area (Å²) in [7, 11) is 7.04. The molecule has 0 aliphatic rings. The average Bonchev–Trinajstić information content (AvgIpc) is 2.42. The van der Waals surface area contributed by atoms with Gasteiger partial charge in [-0.05, 0) is 33.1 Å². The third-order valence-corrected chi connectivity index (χ3v) is 2.87. The number of rotatable bonds is 7. The second-order valence-electron chi connectivity index (χ2n) is 4.71. The molecule has 0 unspecified atom stereocenters. The zero-order valence-electron chi connectivity index (χ0n) is 12.5. The minimum absolute atomic E-state index is 0.206. The Morgan fingerprint density at radius 1 is 1.25 bits per heavy atom. The average molecular weight is 281 g/mol. The summed E-state index contributed by atoms with van der Waals surface area (Å²) in [5.74, 6) is 0.788. The molecule has 112 valence electrons. The molecule has 1 aromatic carbocycles. The van der Waals surface area contributed by atoms with Gasteiger partial charge in [-0.1, -0.05) is 0 Å². The first-order valence-electron chi connectivity index (χ1n) is 6.44. The molecule has 0 saturated carbocycles. The Morgan fingerprint density at radius 2 is 1.85 bits per heavy atom. The summed E-state index contributed by atoms with van der Waals surface area (Å²) < 4.78 is 10.3. The van der Waals surface area contributed by atoms with E-state index >= 15 is 0 Å². The molecule has 0 fully saturated rings. The quantitative estimate of drug-likeness (QED) is 0.575. The van der Waals surface area contributed by atoms with Crippen molar-refractivity contribution in [3.63, 3.8) is 0 Å². The highest BCUT2D eigenvalue weighted by atomic mass is 16.5. The van der Waals surface area contributed by atoms with Crippen molar-refractivity contribution < 1.29 is 14.3 Å². The molecule has 0 radical (unpaired) electrons. The molecular weight excluding hydrogens is 258 g/mol. The molecule has 1 rings (SSSR count). The first-order chi connectivity index (χ1) is 9.49. The van der Waals surface area contributed by atoms with Crippen molar-refractivity contribution in [2.24, 2.45) is 0 Å². The number of amides is 1. The van der Waals surface area contributed by atoms with E-state index in [4.69, 9.17) is 15.2 Å². The molecular formula is C14H23N3O3. The highest BCUT2D eigenvalue weighted by Gasteiger charge is 2.14. The van der Waals surface area contributed by atoms with E-state index in [9.17, 15) is 4.79 Å². The molecule has 0 atom stereocenters. The third kappa shape index (κ3) is 4.31. The van der Waals surface area contributed by atoms with Gasteiger partial charge in [0.05, 0.1) is 19.8 Å². The van der Waals surface area contributed by atoms with Gasteiger partial charge >= 0.3 is 0 Å². The van der Waals surface area contributed by atoms with E-state index < -0.39 is 0 Å². The number of nitrogens with two attached hydrogens (primary N) is 1. The fourth-order valence-corrected chi connectivity index (χ4v) is 1.78. The molecule has 0 heterocycles. The number of anilines is 1. The van der Waals surface area contributed by atoms with Crippen LogP contribution in [0.3, 0.4) is 0 Å². The summed E-state index contributed by atoms with van der Waals surface area (Å²) in [4.78, 5) is 14.1. The lowest BCUT2D eigenvalue weighted by Gasteiger charge is -2.13. The third-order valence-electron chi connectivity index (χ3n) is 2.87. The number of ether oxygens (including phenoxy) is 2. The van der Waals surface area contributed by atoms with Gasteiger partial charge in [0, 0.05) is 18.3 Å². The molecule has 1 aromatic rings. The Bertz CT molecular complexity index is 461. The summed E-state index contributed by atoms with van der Waals surface area (Å²) in [6, 6.07) is 3.18. The van der Waals surface area contributed by atoms with Gasteiger partial charge in [-0.3, -0.25) is 4.79 Å². The van der Waals surface area contributed by atoms with Gasteiger partial charge in [0.1, 0.15) is 0 Å². The van der Waals surface area contributed by atoms with Crippen LogP contribution in [0.25, 0.3) is 0 Å². The molecule has 6 nitrogen and oxygen atoms in total. The van der Waals surface area contributed by atoms with Gasteiger partial charge in [-0.25, -0.2) is 0 Å². The van der Waals surface area contributed by atoms with Gasteiger partial charge in [0.15, 0.2) is 11.5 Å². The number of nitrogens with one attached hydrogen (secondary N) is 1. The summed E-state index contributed by atoms with van der Waals surface area (Å²) in [5.41, 5.74) is 6.63. The van der Waals surface area contributed by atoms with Gasteiger partial charge < -0.3 is 25.4 Å². The number of nitrogens with zero attached hydrogens (tertiary/aromatic N) is 1. The maximum atomic E-state index is 12.1. The van der Waals surface area contributed by atoms with E-state index in [2.05, 4.69) is 10.2 Å². The van der Waals surface area contributed by atoms with Crippen LogP contribution in [0.1, 0.15) is 16.8 Å². The van der Waals surface area contributed by atoms with Crippen LogP contribution >= 0.6 is 0 Å². The maximum Gasteiger partial charge on any atom is 0.253 e. The zero-order chi connectivity index (χ0) is 15.1. The van der Waals surface area contributed by atoms with Crippen LogP contribution in [-0.2, 0) is 0 Å². The second-order valence-corrected chi connectivity index (χ2v) is 4.71. The Morgan fingerprint density at radius 3 is 2.40 bits per heavy atom. The molecule has 0 spiro atoms. The number of hydrogen-bond acceptors (Lipinski definition) is 5. The molecule has 20 heavy (non-hydrogen) atoms. The van der Waals surface area contributed by atoms with Gasteiger partial charge in [-0.2, -0.15) is 0 Å². The fourth-order valence-electron chi connectivity index (χ4n) is 1.78.